The maximum absolute atomic E-state index is 13.4. The monoisotopic (exact) mass is 688 g/mol. The summed E-state index contributed by atoms with van der Waals surface area (Å²) in [6.45, 7) is 7.91. The molecular formula is C29H27Br2ClN4O4. The Bertz CT molecular complexity index is 1650. The van der Waals surface area contributed by atoms with E-state index in [1.54, 1.807) is 48.7 Å². The Morgan fingerprint density at radius 2 is 1.82 bits per heavy atom. The molecule has 0 atom stereocenters. The third-order valence-electron chi connectivity index (χ3n) is 5.61. The SMILES string of the molecule is CCOc1cc(C=Nn2c(C(C)(C)C)nc3ccc(Br)cc3c2=O)cc(Br)c1OCC(=O)Nc1ccc(Cl)cc1. The number of halogens is 3. The third-order valence-corrected chi connectivity index (χ3v) is 6.94. The second kappa shape index (κ2) is 12.5. The number of aromatic nitrogens is 2. The van der Waals surface area contributed by atoms with Gasteiger partial charge in [-0.3, -0.25) is 9.59 Å². The summed E-state index contributed by atoms with van der Waals surface area (Å²) in [7, 11) is 0. The molecule has 0 unspecified atom stereocenters. The quantitative estimate of drug-likeness (QED) is 0.198. The fourth-order valence-corrected chi connectivity index (χ4v) is 4.86. The standard InChI is InChI=1S/C29H27Br2ClN4O4/c1-5-39-24-13-17(12-22(31)26(24)40-16-25(37)34-20-9-7-19(32)8-10-20)15-33-36-27(38)21-14-18(30)6-11-23(21)35-28(36)29(2,3)4/h6-15H,5,16H2,1-4H3,(H,34,37). The molecule has 1 N–H and O–H groups in total. The minimum Gasteiger partial charge on any atom is -0.490 e. The summed E-state index contributed by atoms with van der Waals surface area (Å²) < 4.78 is 14.3. The first-order valence-corrected chi connectivity index (χ1v) is 14.3. The second-order valence-electron chi connectivity index (χ2n) is 9.82. The number of anilines is 1. The lowest BCUT2D eigenvalue weighted by atomic mass is 9.95. The highest BCUT2D eigenvalue weighted by atomic mass is 79.9. The van der Waals surface area contributed by atoms with Crippen LogP contribution in [0.15, 0.2) is 73.4 Å². The van der Waals surface area contributed by atoms with E-state index in [0.29, 0.717) is 55.6 Å². The lowest BCUT2D eigenvalue weighted by Crippen LogP contribution is -2.29. The van der Waals surface area contributed by atoms with Crippen molar-refractivity contribution in [3.05, 3.63) is 90.3 Å². The van der Waals surface area contributed by atoms with Crippen molar-refractivity contribution in [1.29, 1.82) is 0 Å². The Balaban J connectivity index is 1.63. The lowest BCUT2D eigenvalue weighted by Gasteiger charge is -2.21. The summed E-state index contributed by atoms with van der Waals surface area (Å²) in [6.07, 6.45) is 1.56. The number of fused-ring (bicyclic) bond motifs is 1. The van der Waals surface area contributed by atoms with Crippen LogP contribution in [0.2, 0.25) is 5.02 Å². The molecule has 4 aromatic rings. The Morgan fingerprint density at radius 3 is 2.50 bits per heavy atom. The minimum atomic E-state index is -0.445. The van der Waals surface area contributed by atoms with Gasteiger partial charge in [-0.05, 0) is 83.0 Å². The van der Waals surface area contributed by atoms with E-state index in [2.05, 4.69) is 42.3 Å². The van der Waals surface area contributed by atoms with Crippen molar-refractivity contribution in [3.63, 3.8) is 0 Å². The zero-order valence-corrected chi connectivity index (χ0v) is 26.2. The van der Waals surface area contributed by atoms with Crippen LogP contribution >= 0.6 is 43.5 Å². The predicted molar refractivity (Wildman–Crippen MR) is 166 cm³/mol. The number of rotatable bonds is 8. The summed E-state index contributed by atoms with van der Waals surface area (Å²) in [5.41, 5.74) is 1.14. The number of benzene rings is 3. The van der Waals surface area contributed by atoms with Crippen LogP contribution in [0.5, 0.6) is 11.5 Å². The molecule has 11 heteroatoms. The summed E-state index contributed by atoms with van der Waals surface area (Å²) in [4.78, 5) is 30.6. The van der Waals surface area contributed by atoms with E-state index in [1.807, 2.05) is 39.8 Å². The average Bonchev–Trinajstić information content (AvgIpc) is 2.89. The van der Waals surface area contributed by atoms with Gasteiger partial charge in [0, 0.05) is 20.6 Å². The second-order valence-corrected chi connectivity index (χ2v) is 12.0. The van der Waals surface area contributed by atoms with Crippen molar-refractivity contribution in [2.24, 2.45) is 5.10 Å². The highest BCUT2D eigenvalue weighted by Crippen LogP contribution is 2.36. The van der Waals surface area contributed by atoms with Gasteiger partial charge in [0.1, 0.15) is 5.82 Å². The maximum Gasteiger partial charge on any atom is 0.282 e. The van der Waals surface area contributed by atoms with E-state index < -0.39 is 5.41 Å². The van der Waals surface area contributed by atoms with Crippen molar-refractivity contribution in [1.82, 2.24) is 9.66 Å². The van der Waals surface area contributed by atoms with Gasteiger partial charge in [0.05, 0.1) is 28.2 Å². The number of ether oxygens (including phenoxy) is 2. The van der Waals surface area contributed by atoms with Crippen LogP contribution in [0.1, 0.15) is 39.1 Å². The van der Waals surface area contributed by atoms with Crippen molar-refractivity contribution >= 4 is 72.2 Å². The van der Waals surface area contributed by atoms with Crippen LogP contribution in [0.3, 0.4) is 0 Å². The number of nitrogens with one attached hydrogen (secondary N) is 1. The molecule has 0 aliphatic heterocycles. The van der Waals surface area contributed by atoms with Gasteiger partial charge in [-0.15, -0.1) is 0 Å². The first-order valence-electron chi connectivity index (χ1n) is 12.4. The van der Waals surface area contributed by atoms with Crippen LogP contribution in [0.4, 0.5) is 5.69 Å². The van der Waals surface area contributed by atoms with Crippen LogP contribution < -0.4 is 20.3 Å². The Kier molecular flexibility index (Phi) is 9.33. The van der Waals surface area contributed by atoms with Gasteiger partial charge in [-0.25, -0.2) is 4.98 Å². The Labute approximate surface area is 253 Å². The summed E-state index contributed by atoms with van der Waals surface area (Å²) in [5, 5.41) is 8.32. The molecule has 0 fully saturated rings. The van der Waals surface area contributed by atoms with Gasteiger partial charge in [0.15, 0.2) is 18.1 Å². The van der Waals surface area contributed by atoms with Crippen molar-refractivity contribution in [2.45, 2.75) is 33.1 Å². The van der Waals surface area contributed by atoms with Gasteiger partial charge in [0.25, 0.3) is 11.5 Å². The van der Waals surface area contributed by atoms with Crippen LogP contribution in [-0.2, 0) is 10.2 Å². The highest BCUT2D eigenvalue weighted by molar-refractivity contribution is 9.10. The molecule has 0 saturated heterocycles. The lowest BCUT2D eigenvalue weighted by molar-refractivity contribution is -0.118. The highest BCUT2D eigenvalue weighted by Gasteiger charge is 2.23. The van der Waals surface area contributed by atoms with Gasteiger partial charge >= 0.3 is 0 Å². The molecule has 1 aromatic heterocycles. The van der Waals surface area contributed by atoms with E-state index in [9.17, 15) is 9.59 Å². The largest absolute Gasteiger partial charge is 0.490 e. The van der Waals surface area contributed by atoms with Gasteiger partial charge < -0.3 is 14.8 Å². The minimum absolute atomic E-state index is 0.239. The fraction of sp³-hybridized carbons (Fsp3) is 0.241. The van der Waals surface area contributed by atoms with Crippen molar-refractivity contribution in [2.75, 3.05) is 18.5 Å². The molecule has 0 saturated carbocycles. The summed E-state index contributed by atoms with van der Waals surface area (Å²) in [5.74, 6) is 0.975. The molecule has 0 bridgehead atoms. The van der Waals surface area contributed by atoms with Gasteiger partial charge in [-0.2, -0.15) is 9.78 Å². The summed E-state index contributed by atoms with van der Waals surface area (Å²) >= 11 is 12.8. The normalized spacial score (nSPS) is 11.7. The van der Waals surface area contributed by atoms with Crippen LogP contribution in [0.25, 0.3) is 10.9 Å². The van der Waals surface area contributed by atoms with Crippen LogP contribution in [-0.4, -0.2) is 35.0 Å². The van der Waals surface area contributed by atoms with E-state index in [0.717, 1.165) is 4.47 Å². The first-order chi connectivity index (χ1) is 19.0. The zero-order chi connectivity index (χ0) is 29.0. The molecule has 3 aromatic carbocycles. The van der Waals surface area contributed by atoms with Crippen molar-refractivity contribution in [3.8, 4) is 11.5 Å². The number of hydrogen-bond acceptors (Lipinski definition) is 6. The molecule has 208 valence electrons. The molecule has 0 aliphatic rings. The smallest absolute Gasteiger partial charge is 0.282 e. The van der Waals surface area contributed by atoms with E-state index >= 15 is 0 Å². The molecular weight excluding hydrogens is 664 g/mol. The molecule has 0 aliphatic carbocycles. The van der Waals surface area contributed by atoms with E-state index in [4.69, 9.17) is 26.1 Å². The summed E-state index contributed by atoms with van der Waals surface area (Å²) in [6, 6.07) is 15.7. The molecule has 1 amide bonds. The van der Waals surface area contributed by atoms with Gasteiger partial charge in [-0.1, -0.05) is 48.3 Å². The van der Waals surface area contributed by atoms with Crippen LogP contribution in [0, 0.1) is 0 Å². The third kappa shape index (κ3) is 7.10. The van der Waals surface area contributed by atoms with Crippen molar-refractivity contribution < 1.29 is 14.3 Å². The number of amides is 1. The molecule has 40 heavy (non-hydrogen) atoms. The molecule has 0 radical (unpaired) electrons. The zero-order valence-electron chi connectivity index (χ0n) is 22.3. The fourth-order valence-electron chi connectivity index (χ4n) is 3.80. The number of nitrogens with zero attached hydrogens (tertiary/aromatic N) is 3. The average molecular weight is 691 g/mol. The van der Waals surface area contributed by atoms with E-state index in [1.165, 1.54) is 4.68 Å². The Hall–Kier alpha value is -3.21. The topological polar surface area (TPSA) is 94.8 Å². The van der Waals surface area contributed by atoms with E-state index in [-0.39, 0.29) is 18.1 Å². The molecule has 1 heterocycles. The molecule has 8 nitrogen and oxygen atoms in total. The number of carbonyl (C=O) groups excluding carboxylic acids is 1. The number of hydrogen-bond donors (Lipinski definition) is 1. The molecule has 0 spiro atoms. The predicted octanol–water partition coefficient (Wildman–Crippen LogP) is 7.17. The number of carbonyl (C=O) groups is 1. The maximum atomic E-state index is 13.4. The van der Waals surface area contributed by atoms with Gasteiger partial charge in [0.2, 0.25) is 0 Å². The first kappa shape index (κ1) is 29.8. The Morgan fingerprint density at radius 1 is 1.10 bits per heavy atom. The molecule has 4 rings (SSSR count).